The van der Waals surface area contributed by atoms with Crippen molar-refractivity contribution in [2.45, 2.75) is 19.4 Å². The Bertz CT molecular complexity index is 555. The zero-order valence-electron chi connectivity index (χ0n) is 9.93. The normalized spacial score (nSPS) is 10.8. The van der Waals surface area contributed by atoms with Crippen LogP contribution in [0.3, 0.4) is 0 Å². The summed E-state index contributed by atoms with van der Waals surface area (Å²) in [6.07, 6.45) is 0.736. The van der Waals surface area contributed by atoms with Crippen LogP contribution in [-0.2, 0) is 11.3 Å². The Balaban J connectivity index is 1.79. The smallest absolute Gasteiger partial charge is 0.303 e. The molecule has 0 spiro atoms. The largest absolute Gasteiger partial charge is 0.481 e. The SMILES string of the molecule is O=C(O)CCCNCc1nnc(-c2ccc(Br)s2)o1. The van der Waals surface area contributed by atoms with Gasteiger partial charge in [0, 0.05) is 6.42 Å². The van der Waals surface area contributed by atoms with Crippen molar-refractivity contribution in [2.24, 2.45) is 0 Å². The lowest BCUT2D eigenvalue weighted by atomic mass is 10.3. The van der Waals surface area contributed by atoms with E-state index in [2.05, 4.69) is 31.4 Å². The van der Waals surface area contributed by atoms with Crippen molar-refractivity contribution < 1.29 is 14.3 Å². The van der Waals surface area contributed by atoms with Gasteiger partial charge < -0.3 is 14.8 Å². The van der Waals surface area contributed by atoms with Gasteiger partial charge in [-0.1, -0.05) is 0 Å². The average molecular weight is 346 g/mol. The van der Waals surface area contributed by atoms with E-state index in [1.54, 1.807) is 0 Å². The second-order valence-electron chi connectivity index (χ2n) is 3.78. The highest BCUT2D eigenvalue weighted by Gasteiger charge is 2.10. The number of hydrogen-bond acceptors (Lipinski definition) is 6. The third-order valence-electron chi connectivity index (χ3n) is 2.27. The summed E-state index contributed by atoms with van der Waals surface area (Å²) < 4.78 is 6.51. The molecule has 102 valence electrons. The summed E-state index contributed by atoms with van der Waals surface area (Å²) in [6.45, 7) is 1.05. The minimum Gasteiger partial charge on any atom is -0.481 e. The molecule has 0 amide bonds. The molecule has 0 aromatic carbocycles. The number of aliphatic carboxylic acids is 1. The van der Waals surface area contributed by atoms with E-state index in [-0.39, 0.29) is 6.42 Å². The third-order valence-corrected chi connectivity index (χ3v) is 3.88. The van der Waals surface area contributed by atoms with E-state index in [0.29, 0.717) is 31.3 Å². The Labute approximate surface area is 122 Å². The van der Waals surface area contributed by atoms with Gasteiger partial charge in [0.15, 0.2) is 0 Å². The zero-order chi connectivity index (χ0) is 13.7. The van der Waals surface area contributed by atoms with Gasteiger partial charge in [0.1, 0.15) is 0 Å². The number of thiophene rings is 1. The van der Waals surface area contributed by atoms with Crippen molar-refractivity contribution in [3.05, 3.63) is 21.8 Å². The number of carboxylic acid groups (broad SMARTS) is 1. The Morgan fingerprint density at radius 3 is 3.00 bits per heavy atom. The summed E-state index contributed by atoms with van der Waals surface area (Å²) in [5, 5.41) is 19.4. The first kappa shape index (κ1) is 14.2. The molecule has 2 heterocycles. The minimum absolute atomic E-state index is 0.158. The summed E-state index contributed by atoms with van der Waals surface area (Å²) >= 11 is 4.90. The molecule has 0 unspecified atom stereocenters. The van der Waals surface area contributed by atoms with Crippen molar-refractivity contribution in [3.63, 3.8) is 0 Å². The zero-order valence-corrected chi connectivity index (χ0v) is 12.3. The van der Waals surface area contributed by atoms with Crippen LogP contribution in [0.5, 0.6) is 0 Å². The predicted molar refractivity (Wildman–Crippen MR) is 73.9 cm³/mol. The van der Waals surface area contributed by atoms with E-state index in [0.717, 1.165) is 8.66 Å². The van der Waals surface area contributed by atoms with Crippen LogP contribution in [0.4, 0.5) is 0 Å². The van der Waals surface area contributed by atoms with E-state index in [4.69, 9.17) is 9.52 Å². The second-order valence-corrected chi connectivity index (χ2v) is 6.24. The number of carbonyl (C=O) groups is 1. The molecule has 0 radical (unpaired) electrons. The number of nitrogens with one attached hydrogen (secondary N) is 1. The van der Waals surface area contributed by atoms with Crippen LogP contribution in [-0.4, -0.2) is 27.8 Å². The van der Waals surface area contributed by atoms with Gasteiger partial charge in [-0.25, -0.2) is 0 Å². The van der Waals surface area contributed by atoms with Crippen LogP contribution in [0.2, 0.25) is 0 Å². The summed E-state index contributed by atoms with van der Waals surface area (Å²) in [5.74, 6) is 0.207. The fraction of sp³-hybridized carbons (Fsp3) is 0.364. The van der Waals surface area contributed by atoms with Crippen LogP contribution in [0.15, 0.2) is 20.3 Å². The first-order valence-corrected chi connectivity index (χ1v) is 7.26. The molecule has 19 heavy (non-hydrogen) atoms. The molecule has 6 nitrogen and oxygen atoms in total. The molecule has 0 atom stereocenters. The maximum atomic E-state index is 10.3. The van der Waals surface area contributed by atoms with Gasteiger partial charge in [0.25, 0.3) is 5.89 Å². The molecule has 2 rings (SSSR count). The van der Waals surface area contributed by atoms with Gasteiger partial charge in [-0.3, -0.25) is 4.79 Å². The summed E-state index contributed by atoms with van der Waals surface area (Å²) in [6, 6.07) is 3.83. The second kappa shape index (κ2) is 6.78. The maximum Gasteiger partial charge on any atom is 0.303 e. The summed E-state index contributed by atoms with van der Waals surface area (Å²) in [7, 11) is 0. The third kappa shape index (κ3) is 4.41. The number of rotatable bonds is 7. The highest BCUT2D eigenvalue weighted by Crippen LogP contribution is 2.30. The van der Waals surface area contributed by atoms with Crippen molar-refractivity contribution >= 4 is 33.2 Å². The summed E-state index contributed by atoms with van der Waals surface area (Å²) in [4.78, 5) is 11.2. The quantitative estimate of drug-likeness (QED) is 0.749. The minimum atomic E-state index is -0.787. The van der Waals surface area contributed by atoms with Crippen LogP contribution in [0.25, 0.3) is 10.8 Å². The standard InChI is InChI=1S/C11H12BrN3O3S/c12-8-4-3-7(19-8)11-15-14-9(18-11)6-13-5-1-2-10(16)17/h3-4,13H,1-2,5-6H2,(H,16,17). The number of hydrogen-bond donors (Lipinski definition) is 2. The Hall–Kier alpha value is -1.25. The number of aromatic nitrogens is 2. The number of carboxylic acids is 1. The molecule has 0 fully saturated rings. The lowest BCUT2D eigenvalue weighted by molar-refractivity contribution is -0.137. The molecule has 0 aliphatic carbocycles. The average Bonchev–Trinajstić information content (AvgIpc) is 2.97. The fourth-order valence-electron chi connectivity index (χ4n) is 1.41. The first-order chi connectivity index (χ1) is 9.15. The molecule has 0 saturated carbocycles. The fourth-order valence-corrected chi connectivity index (χ4v) is 2.72. The van der Waals surface area contributed by atoms with Crippen molar-refractivity contribution in [3.8, 4) is 10.8 Å². The van der Waals surface area contributed by atoms with Gasteiger partial charge >= 0.3 is 5.97 Å². The van der Waals surface area contributed by atoms with Crippen molar-refractivity contribution in [1.29, 1.82) is 0 Å². The molecule has 2 N–H and O–H groups in total. The molecule has 2 aromatic rings. The van der Waals surface area contributed by atoms with E-state index in [1.165, 1.54) is 11.3 Å². The molecular weight excluding hydrogens is 334 g/mol. The van der Waals surface area contributed by atoms with Crippen LogP contribution < -0.4 is 5.32 Å². The maximum absolute atomic E-state index is 10.3. The number of nitrogens with zero attached hydrogens (tertiary/aromatic N) is 2. The summed E-state index contributed by atoms with van der Waals surface area (Å²) in [5.41, 5.74) is 0. The molecule has 0 saturated heterocycles. The van der Waals surface area contributed by atoms with E-state index < -0.39 is 5.97 Å². The van der Waals surface area contributed by atoms with Gasteiger partial charge in [-0.05, 0) is 41.0 Å². The monoisotopic (exact) mass is 345 g/mol. The highest BCUT2D eigenvalue weighted by atomic mass is 79.9. The molecule has 0 bridgehead atoms. The van der Waals surface area contributed by atoms with Gasteiger partial charge in [-0.15, -0.1) is 21.5 Å². The molecule has 0 aliphatic rings. The lowest BCUT2D eigenvalue weighted by Crippen LogP contribution is -2.15. The van der Waals surface area contributed by atoms with Crippen molar-refractivity contribution in [2.75, 3.05) is 6.54 Å². The Morgan fingerprint density at radius 1 is 1.47 bits per heavy atom. The molecule has 8 heteroatoms. The van der Waals surface area contributed by atoms with Crippen LogP contribution in [0.1, 0.15) is 18.7 Å². The van der Waals surface area contributed by atoms with E-state index >= 15 is 0 Å². The van der Waals surface area contributed by atoms with E-state index in [9.17, 15) is 4.79 Å². The predicted octanol–water partition coefficient (Wildman–Crippen LogP) is 2.52. The topological polar surface area (TPSA) is 88.2 Å². The van der Waals surface area contributed by atoms with Crippen LogP contribution in [0, 0.1) is 0 Å². The molecular formula is C11H12BrN3O3S. The Kier molecular flexibility index (Phi) is 5.06. The first-order valence-electron chi connectivity index (χ1n) is 5.66. The van der Waals surface area contributed by atoms with Gasteiger partial charge in [-0.2, -0.15) is 0 Å². The lowest BCUT2D eigenvalue weighted by Gasteiger charge is -1.98. The number of halogens is 1. The Morgan fingerprint density at radius 2 is 2.32 bits per heavy atom. The van der Waals surface area contributed by atoms with Gasteiger partial charge in [0.05, 0.1) is 15.2 Å². The van der Waals surface area contributed by atoms with Crippen LogP contribution >= 0.6 is 27.3 Å². The molecule has 0 aliphatic heterocycles. The van der Waals surface area contributed by atoms with E-state index in [1.807, 2.05) is 12.1 Å². The molecule has 2 aromatic heterocycles. The van der Waals surface area contributed by atoms with Crippen molar-refractivity contribution in [1.82, 2.24) is 15.5 Å². The highest BCUT2D eigenvalue weighted by molar-refractivity contribution is 9.11. The van der Waals surface area contributed by atoms with Gasteiger partial charge in [0.2, 0.25) is 5.89 Å².